The molecule has 0 spiro atoms. The molecule has 2 saturated heterocycles. The van der Waals surface area contributed by atoms with Gasteiger partial charge in [0.25, 0.3) is 11.9 Å². The van der Waals surface area contributed by atoms with Crippen molar-refractivity contribution >= 4 is 29.6 Å². The summed E-state index contributed by atoms with van der Waals surface area (Å²) in [6, 6.07) is -0.498. The summed E-state index contributed by atoms with van der Waals surface area (Å²) in [7, 11) is 0. The zero-order chi connectivity index (χ0) is 19.6. The van der Waals surface area contributed by atoms with Crippen molar-refractivity contribution in [1.82, 2.24) is 20.4 Å². The Balaban J connectivity index is 1.54. The Bertz CT molecular complexity index is 710. The summed E-state index contributed by atoms with van der Waals surface area (Å²) in [5, 5.41) is 15.2. The molecule has 146 valence electrons. The van der Waals surface area contributed by atoms with Crippen molar-refractivity contribution in [2.75, 3.05) is 26.2 Å². The van der Waals surface area contributed by atoms with Crippen LogP contribution in [0.5, 0.6) is 0 Å². The molecule has 3 rings (SSSR count). The fourth-order valence-corrected chi connectivity index (χ4v) is 3.67. The van der Waals surface area contributed by atoms with Gasteiger partial charge in [-0.2, -0.15) is 4.99 Å². The number of carbonyl (C=O) groups excluding carboxylic acids is 3. The number of nitrogens with zero attached hydrogens (tertiary/aromatic N) is 4. The van der Waals surface area contributed by atoms with Crippen LogP contribution in [0.1, 0.15) is 32.6 Å². The molecule has 1 aliphatic carbocycles. The highest BCUT2D eigenvalue weighted by molar-refractivity contribution is 6.07. The van der Waals surface area contributed by atoms with E-state index < -0.39 is 11.6 Å². The lowest BCUT2D eigenvalue weighted by molar-refractivity contribution is -0.133. The Kier molecular flexibility index (Phi) is 5.19. The van der Waals surface area contributed by atoms with E-state index in [0.717, 1.165) is 12.8 Å². The number of aliphatic imine (C=N–C) groups is 1. The van der Waals surface area contributed by atoms with Gasteiger partial charge in [-0.1, -0.05) is 0 Å². The average Bonchev–Trinajstić information content (AvgIpc) is 3.44. The summed E-state index contributed by atoms with van der Waals surface area (Å²) in [4.78, 5) is 54.3. The standard InChI is InChI=1S/C16H23N7O4/c1-10(17)18-14(21-27)23-8-6-22(7-9-23)12(24)4-5-16(11-2-3-11)13(25)19-15(26)20-16/h11,17H,2-9H2,1H3,(H2,19,20,25,26). The van der Waals surface area contributed by atoms with Crippen molar-refractivity contribution in [2.45, 2.75) is 38.1 Å². The molecule has 0 aromatic heterocycles. The molecule has 2 aliphatic heterocycles. The number of carbonyl (C=O) groups is 3. The number of hydrogen-bond acceptors (Lipinski definition) is 5. The van der Waals surface area contributed by atoms with Gasteiger partial charge in [0.2, 0.25) is 5.91 Å². The molecular weight excluding hydrogens is 354 g/mol. The third kappa shape index (κ3) is 3.96. The number of amidine groups is 1. The van der Waals surface area contributed by atoms with E-state index in [2.05, 4.69) is 20.8 Å². The number of nitrogens with one attached hydrogen (secondary N) is 3. The second-order valence-electron chi connectivity index (χ2n) is 7.11. The zero-order valence-corrected chi connectivity index (χ0v) is 15.2. The van der Waals surface area contributed by atoms with Gasteiger partial charge in [-0.3, -0.25) is 20.3 Å². The molecule has 3 fully saturated rings. The maximum atomic E-state index is 12.6. The Morgan fingerprint density at radius 1 is 1.22 bits per heavy atom. The Morgan fingerprint density at radius 3 is 2.33 bits per heavy atom. The van der Waals surface area contributed by atoms with E-state index in [4.69, 9.17) is 5.41 Å². The molecule has 27 heavy (non-hydrogen) atoms. The molecule has 11 nitrogen and oxygen atoms in total. The Hall–Kier alpha value is -2.85. The number of nitroso groups, excluding NO2 is 1. The predicted molar refractivity (Wildman–Crippen MR) is 96.1 cm³/mol. The fourth-order valence-electron chi connectivity index (χ4n) is 3.67. The molecule has 2 heterocycles. The molecule has 0 aromatic rings. The first-order valence-corrected chi connectivity index (χ1v) is 8.99. The molecular formula is C16H23N7O4. The number of urea groups is 1. The quantitative estimate of drug-likeness (QED) is 0.273. The predicted octanol–water partition coefficient (Wildman–Crippen LogP) is 0.0186. The Morgan fingerprint density at radius 2 is 1.85 bits per heavy atom. The average molecular weight is 377 g/mol. The van der Waals surface area contributed by atoms with Crippen LogP contribution in [0.2, 0.25) is 0 Å². The third-order valence-corrected chi connectivity index (χ3v) is 5.24. The van der Waals surface area contributed by atoms with Crippen molar-refractivity contribution in [3.05, 3.63) is 4.91 Å². The molecule has 1 saturated carbocycles. The fraction of sp³-hybridized carbons (Fsp3) is 0.688. The summed E-state index contributed by atoms with van der Waals surface area (Å²) < 4.78 is 0. The number of amides is 4. The number of piperazine rings is 1. The van der Waals surface area contributed by atoms with E-state index >= 15 is 0 Å². The van der Waals surface area contributed by atoms with E-state index in [0.29, 0.717) is 26.2 Å². The lowest BCUT2D eigenvalue weighted by Crippen LogP contribution is -2.52. The monoisotopic (exact) mass is 377 g/mol. The van der Waals surface area contributed by atoms with E-state index in [1.54, 1.807) is 9.80 Å². The second kappa shape index (κ2) is 7.41. The Labute approximate surface area is 156 Å². The van der Waals surface area contributed by atoms with Crippen molar-refractivity contribution in [1.29, 1.82) is 5.41 Å². The SMILES string of the molecule is CC(=N)N=C(N=O)N1CCN(C(=O)CCC2(C3CC3)NC(=O)NC2=O)CC1. The summed E-state index contributed by atoms with van der Waals surface area (Å²) in [5.41, 5.74) is -0.961. The van der Waals surface area contributed by atoms with Crippen LogP contribution in [0.3, 0.4) is 0 Å². The molecule has 0 bridgehead atoms. The van der Waals surface area contributed by atoms with Gasteiger partial charge < -0.3 is 15.1 Å². The van der Waals surface area contributed by atoms with Gasteiger partial charge in [-0.15, -0.1) is 4.91 Å². The largest absolute Gasteiger partial charge is 0.339 e. The van der Waals surface area contributed by atoms with Gasteiger partial charge in [0.05, 0.1) is 0 Å². The topological polar surface area (TPSA) is 147 Å². The maximum absolute atomic E-state index is 12.6. The van der Waals surface area contributed by atoms with Crippen LogP contribution in [0.25, 0.3) is 0 Å². The minimum absolute atomic E-state index is 0.00892. The maximum Gasteiger partial charge on any atom is 0.322 e. The summed E-state index contributed by atoms with van der Waals surface area (Å²) in [6.07, 6.45) is 2.18. The van der Waals surface area contributed by atoms with Gasteiger partial charge in [0, 0.05) is 37.8 Å². The number of hydrogen-bond donors (Lipinski definition) is 3. The third-order valence-electron chi connectivity index (χ3n) is 5.24. The highest BCUT2D eigenvalue weighted by atomic mass is 16.3. The van der Waals surface area contributed by atoms with Crippen molar-refractivity contribution < 1.29 is 14.4 Å². The first-order chi connectivity index (χ1) is 12.9. The van der Waals surface area contributed by atoms with Crippen LogP contribution in [0.15, 0.2) is 10.2 Å². The van der Waals surface area contributed by atoms with Crippen LogP contribution in [0, 0.1) is 16.2 Å². The van der Waals surface area contributed by atoms with E-state index in [-0.39, 0.29) is 42.4 Å². The van der Waals surface area contributed by atoms with E-state index in [9.17, 15) is 19.3 Å². The normalized spacial score (nSPS) is 25.9. The van der Waals surface area contributed by atoms with E-state index in [1.165, 1.54) is 6.92 Å². The lowest BCUT2D eigenvalue weighted by Gasteiger charge is -2.35. The number of rotatable bonds is 4. The number of guanidine groups is 1. The molecule has 3 aliphatic rings. The minimum Gasteiger partial charge on any atom is -0.339 e. The molecule has 0 radical (unpaired) electrons. The first kappa shape index (κ1) is 18.9. The highest BCUT2D eigenvalue weighted by Crippen LogP contribution is 2.43. The van der Waals surface area contributed by atoms with Gasteiger partial charge in [-0.05, 0) is 32.1 Å². The van der Waals surface area contributed by atoms with Gasteiger partial charge in [-0.25, -0.2) is 4.79 Å². The molecule has 0 aromatic carbocycles. The van der Waals surface area contributed by atoms with Crippen LogP contribution in [0.4, 0.5) is 4.79 Å². The number of imide groups is 1. The molecule has 1 unspecified atom stereocenters. The van der Waals surface area contributed by atoms with Gasteiger partial charge in [0.1, 0.15) is 11.4 Å². The van der Waals surface area contributed by atoms with E-state index in [1.807, 2.05) is 0 Å². The molecule has 1 atom stereocenters. The van der Waals surface area contributed by atoms with Crippen molar-refractivity contribution in [3.63, 3.8) is 0 Å². The minimum atomic E-state index is -0.961. The molecule has 3 N–H and O–H groups in total. The lowest BCUT2D eigenvalue weighted by atomic mass is 9.87. The van der Waals surface area contributed by atoms with Crippen LogP contribution >= 0.6 is 0 Å². The first-order valence-electron chi connectivity index (χ1n) is 8.99. The van der Waals surface area contributed by atoms with Gasteiger partial charge >= 0.3 is 6.03 Å². The second-order valence-corrected chi connectivity index (χ2v) is 7.11. The van der Waals surface area contributed by atoms with Crippen LogP contribution in [-0.4, -0.2) is 71.2 Å². The van der Waals surface area contributed by atoms with Crippen molar-refractivity contribution in [2.24, 2.45) is 16.1 Å². The smallest absolute Gasteiger partial charge is 0.322 e. The van der Waals surface area contributed by atoms with Crippen LogP contribution < -0.4 is 10.6 Å². The molecule has 4 amide bonds. The summed E-state index contributed by atoms with van der Waals surface area (Å²) in [5.74, 6) is -0.398. The zero-order valence-electron chi connectivity index (χ0n) is 15.2. The summed E-state index contributed by atoms with van der Waals surface area (Å²) >= 11 is 0. The van der Waals surface area contributed by atoms with Gasteiger partial charge in [0.15, 0.2) is 0 Å². The molecule has 11 heteroatoms. The highest BCUT2D eigenvalue weighted by Gasteiger charge is 2.55. The summed E-state index contributed by atoms with van der Waals surface area (Å²) in [6.45, 7) is 3.06. The van der Waals surface area contributed by atoms with Crippen LogP contribution in [-0.2, 0) is 9.59 Å². The van der Waals surface area contributed by atoms with Crippen molar-refractivity contribution in [3.8, 4) is 0 Å².